The predicted octanol–water partition coefficient (Wildman–Crippen LogP) is -0.508. The van der Waals surface area contributed by atoms with Gasteiger partial charge in [-0.05, 0) is 0 Å². The van der Waals surface area contributed by atoms with Crippen LogP contribution in [-0.4, -0.2) is 28.4 Å². The summed E-state index contributed by atoms with van der Waals surface area (Å²) in [5.41, 5.74) is 0.362. The van der Waals surface area contributed by atoms with E-state index in [1.54, 1.807) is 0 Å². The molecular formula is C6H9N3O2S. The SMILES string of the molecule is O=c1[nH]snc1C1CNCCO1. The van der Waals surface area contributed by atoms with Crippen LogP contribution in [0.4, 0.5) is 0 Å². The summed E-state index contributed by atoms with van der Waals surface area (Å²) in [6, 6.07) is 0. The van der Waals surface area contributed by atoms with Gasteiger partial charge in [0.15, 0.2) is 5.69 Å². The number of hydrogen-bond acceptors (Lipinski definition) is 5. The van der Waals surface area contributed by atoms with Crippen LogP contribution >= 0.6 is 11.7 Å². The Kier molecular flexibility index (Phi) is 2.20. The summed E-state index contributed by atoms with van der Waals surface area (Å²) in [5.74, 6) is 0. The van der Waals surface area contributed by atoms with E-state index in [1.165, 1.54) is 0 Å². The van der Waals surface area contributed by atoms with Gasteiger partial charge in [-0.3, -0.25) is 9.17 Å². The van der Waals surface area contributed by atoms with Crippen molar-refractivity contribution in [2.24, 2.45) is 0 Å². The van der Waals surface area contributed by atoms with Crippen LogP contribution in [0.15, 0.2) is 4.79 Å². The largest absolute Gasteiger partial charge is 0.369 e. The van der Waals surface area contributed by atoms with Crippen LogP contribution in [0.1, 0.15) is 11.8 Å². The van der Waals surface area contributed by atoms with Crippen molar-refractivity contribution >= 4 is 11.7 Å². The molecule has 1 unspecified atom stereocenters. The lowest BCUT2D eigenvalue weighted by Gasteiger charge is -2.20. The molecule has 0 amide bonds. The first-order valence-corrected chi connectivity index (χ1v) is 4.52. The number of nitrogens with zero attached hydrogens (tertiary/aromatic N) is 1. The molecule has 0 aromatic carbocycles. The molecular weight excluding hydrogens is 178 g/mol. The molecule has 0 bridgehead atoms. The molecule has 0 spiro atoms. The fraction of sp³-hybridized carbons (Fsp3) is 0.667. The van der Waals surface area contributed by atoms with Gasteiger partial charge in [-0.15, -0.1) is 0 Å². The Hall–Kier alpha value is -0.720. The van der Waals surface area contributed by atoms with Gasteiger partial charge in [0.25, 0.3) is 5.56 Å². The summed E-state index contributed by atoms with van der Waals surface area (Å²) in [4.78, 5) is 11.1. The molecule has 5 nitrogen and oxygen atoms in total. The quantitative estimate of drug-likeness (QED) is 0.621. The van der Waals surface area contributed by atoms with Crippen molar-refractivity contribution in [3.05, 3.63) is 16.0 Å². The van der Waals surface area contributed by atoms with Gasteiger partial charge < -0.3 is 10.1 Å². The zero-order valence-electron chi connectivity index (χ0n) is 6.37. The normalized spacial score (nSPS) is 24.2. The Morgan fingerprint density at radius 1 is 1.67 bits per heavy atom. The minimum atomic E-state index is -0.172. The van der Waals surface area contributed by atoms with Crippen molar-refractivity contribution < 1.29 is 4.74 Å². The van der Waals surface area contributed by atoms with E-state index in [0.29, 0.717) is 18.8 Å². The molecule has 2 N–H and O–H groups in total. The van der Waals surface area contributed by atoms with Crippen LogP contribution in [0.2, 0.25) is 0 Å². The van der Waals surface area contributed by atoms with E-state index in [9.17, 15) is 4.79 Å². The molecule has 6 heteroatoms. The number of aromatic nitrogens is 2. The first-order valence-electron chi connectivity index (χ1n) is 3.74. The van der Waals surface area contributed by atoms with Crippen LogP contribution in [0, 0.1) is 0 Å². The molecule has 2 rings (SSSR count). The zero-order valence-corrected chi connectivity index (χ0v) is 7.19. The molecule has 0 saturated carbocycles. The maximum absolute atomic E-state index is 11.1. The molecule has 0 aliphatic carbocycles. The monoisotopic (exact) mass is 187 g/mol. The van der Waals surface area contributed by atoms with E-state index < -0.39 is 0 Å². The minimum Gasteiger partial charge on any atom is -0.369 e. The number of hydrogen-bond donors (Lipinski definition) is 2. The molecule has 1 aliphatic heterocycles. The van der Waals surface area contributed by atoms with Crippen molar-refractivity contribution in [2.75, 3.05) is 19.7 Å². The van der Waals surface area contributed by atoms with E-state index in [4.69, 9.17) is 4.74 Å². The van der Waals surface area contributed by atoms with Crippen molar-refractivity contribution in [3.8, 4) is 0 Å². The molecule has 12 heavy (non-hydrogen) atoms. The van der Waals surface area contributed by atoms with Gasteiger partial charge in [-0.25, -0.2) is 0 Å². The van der Waals surface area contributed by atoms with E-state index in [1.807, 2.05) is 0 Å². The van der Waals surface area contributed by atoms with Gasteiger partial charge in [0.05, 0.1) is 6.61 Å². The van der Waals surface area contributed by atoms with Gasteiger partial charge in [-0.2, -0.15) is 4.37 Å². The van der Waals surface area contributed by atoms with E-state index in [0.717, 1.165) is 18.3 Å². The number of rotatable bonds is 1. The second-order valence-corrected chi connectivity index (χ2v) is 3.13. The lowest BCUT2D eigenvalue weighted by molar-refractivity contribution is 0.0248. The highest BCUT2D eigenvalue weighted by molar-refractivity contribution is 6.99. The Bertz CT molecular complexity index is 302. The highest BCUT2D eigenvalue weighted by Crippen LogP contribution is 2.12. The average molecular weight is 187 g/mol. The summed E-state index contributed by atoms with van der Waals surface area (Å²) in [7, 11) is 0. The third kappa shape index (κ3) is 1.40. The molecule has 2 heterocycles. The summed E-state index contributed by atoms with van der Waals surface area (Å²) in [6.07, 6.45) is -0.172. The summed E-state index contributed by atoms with van der Waals surface area (Å²) < 4.78 is 11.8. The molecule has 1 aromatic rings. The molecule has 1 saturated heterocycles. The second kappa shape index (κ2) is 3.34. The lowest BCUT2D eigenvalue weighted by Crippen LogP contribution is -2.35. The topological polar surface area (TPSA) is 67.0 Å². The van der Waals surface area contributed by atoms with Crippen LogP contribution < -0.4 is 10.9 Å². The van der Waals surface area contributed by atoms with Crippen LogP contribution in [0.5, 0.6) is 0 Å². The van der Waals surface area contributed by atoms with Crippen LogP contribution in [0.3, 0.4) is 0 Å². The van der Waals surface area contributed by atoms with Gasteiger partial charge in [0.2, 0.25) is 0 Å². The van der Waals surface area contributed by atoms with E-state index in [-0.39, 0.29) is 11.7 Å². The maximum Gasteiger partial charge on any atom is 0.283 e. The number of nitrogens with one attached hydrogen (secondary N) is 2. The number of ether oxygens (including phenoxy) is 1. The minimum absolute atomic E-state index is 0.131. The van der Waals surface area contributed by atoms with Crippen molar-refractivity contribution in [1.82, 2.24) is 14.1 Å². The van der Waals surface area contributed by atoms with Crippen LogP contribution in [-0.2, 0) is 4.74 Å². The van der Waals surface area contributed by atoms with Crippen molar-refractivity contribution in [1.29, 1.82) is 0 Å². The molecule has 1 fully saturated rings. The third-order valence-electron chi connectivity index (χ3n) is 1.75. The molecule has 1 aromatic heterocycles. The van der Waals surface area contributed by atoms with Crippen LogP contribution in [0.25, 0.3) is 0 Å². The molecule has 66 valence electrons. The Labute approximate surface area is 73.1 Å². The molecule has 1 aliphatic rings. The summed E-state index contributed by atoms with van der Waals surface area (Å²) >= 11 is 1.06. The Balaban J connectivity index is 2.18. The smallest absolute Gasteiger partial charge is 0.283 e. The first-order chi connectivity index (χ1) is 5.88. The van der Waals surface area contributed by atoms with Gasteiger partial charge in [0.1, 0.15) is 6.10 Å². The van der Waals surface area contributed by atoms with Gasteiger partial charge in [-0.1, -0.05) is 0 Å². The third-order valence-corrected chi connectivity index (χ3v) is 2.31. The number of aromatic amines is 1. The highest BCUT2D eigenvalue weighted by Gasteiger charge is 2.20. The van der Waals surface area contributed by atoms with Gasteiger partial charge >= 0.3 is 0 Å². The fourth-order valence-corrected chi connectivity index (χ4v) is 1.69. The van der Waals surface area contributed by atoms with Gasteiger partial charge in [0, 0.05) is 24.8 Å². The summed E-state index contributed by atoms with van der Waals surface area (Å²) in [6.45, 7) is 2.16. The standard InChI is InChI=1S/C6H9N3O2S/c10-6-5(8-12-9-6)4-3-7-1-2-11-4/h4,7H,1-3H2,(H,9,10). The summed E-state index contributed by atoms with van der Waals surface area (Å²) in [5, 5.41) is 3.14. The lowest BCUT2D eigenvalue weighted by atomic mass is 10.2. The first kappa shape index (κ1) is 7.90. The highest BCUT2D eigenvalue weighted by atomic mass is 32.1. The fourth-order valence-electron chi connectivity index (χ4n) is 1.15. The van der Waals surface area contributed by atoms with Crippen molar-refractivity contribution in [2.45, 2.75) is 6.10 Å². The van der Waals surface area contributed by atoms with E-state index in [2.05, 4.69) is 14.1 Å². The Morgan fingerprint density at radius 2 is 2.58 bits per heavy atom. The Morgan fingerprint density at radius 3 is 3.17 bits per heavy atom. The second-order valence-electron chi connectivity index (χ2n) is 2.56. The number of morpholine rings is 1. The van der Waals surface area contributed by atoms with E-state index >= 15 is 0 Å². The number of H-pyrrole nitrogens is 1. The zero-order chi connectivity index (χ0) is 8.39. The predicted molar refractivity (Wildman–Crippen MR) is 44.3 cm³/mol. The van der Waals surface area contributed by atoms with Crippen molar-refractivity contribution in [3.63, 3.8) is 0 Å². The molecule has 1 atom stereocenters. The maximum atomic E-state index is 11.1. The average Bonchev–Trinajstić information content (AvgIpc) is 2.53. The molecule has 0 radical (unpaired) electrons.